The average Bonchev–Trinajstić information content (AvgIpc) is 2.87. The van der Waals surface area contributed by atoms with E-state index in [-0.39, 0.29) is 6.04 Å². The van der Waals surface area contributed by atoms with E-state index in [4.69, 9.17) is 10.8 Å². The Kier molecular flexibility index (Phi) is 2.46. The predicted molar refractivity (Wildman–Crippen MR) is 57.1 cm³/mol. The minimum absolute atomic E-state index is 0.287. The summed E-state index contributed by atoms with van der Waals surface area (Å²) in [7, 11) is 0. The van der Waals surface area contributed by atoms with Crippen LogP contribution in [0.5, 0.6) is 5.75 Å². The summed E-state index contributed by atoms with van der Waals surface area (Å²) < 4.78 is 0. The zero-order chi connectivity index (χ0) is 10.1. The topological polar surface area (TPSA) is 46.2 Å². The van der Waals surface area contributed by atoms with Gasteiger partial charge < -0.3 is 10.8 Å². The van der Waals surface area contributed by atoms with E-state index in [2.05, 4.69) is 6.92 Å². The van der Waals surface area contributed by atoms with Crippen LogP contribution >= 0.6 is 0 Å². The molecule has 2 heteroatoms. The van der Waals surface area contributed by atoms with Crippen LogP contribution in [0, 0.1) is 11.8 Å². The van der Waals surface area contributed by atoms with Crippen LogP contribution < -0.4 is 5.73 Å². The number of phenolic OH excluding ortho intramolecular Hbond substituents is 1. The molecular formula is C12H17NO. The molecule has 0 saturated heterocycles. The fourth-order valence-corrected chi connectivity index (χ4v) is 2.00. The highest BCUT2D eigenvalue weighted by Gasteiger charge is 2.37. The Hall–Kier alpha value is -1.02. The van der Waals surface area contributed by atoms with Crippen molar-refractivity contribution in [3.8, 4) is 5.75 Å². The second-order valence-corrected chi connectivity index (χ2v) is 4.41. The number of nitrogens with two attached hydrogens (primary N) is 1. The lowest BCUT2D eigenvalue weighted by molar-refractivity contribution is 0.474. The Morgan fingerprint density at radius 1 is 1.43 bits per heavy atom. The third-order valence-electron chi connectivity index (χ3n) is 3.13. The Bertz CT molecular complexity index is 307. The summed E-state index contributed by atoms with van der Waals surface area (Å²) in [6.45, 7) is 2.25. The molecule has 1 fully saturated rings. The number of hydrogen-bond donors (Lipinski definition) is 2. The summed E-state index contributed by atoms with van der Waals surface area (Å²) in [5.74, 6) is 1.84. The minimum atomic E-state index is 0.287. The lowest BCUT2D eigenvalue weighted by atomic mass is 10.0. The smallest absolute Gasteiger partial charge is 0.115 e. The highest BCUT2D eigenvalue weighted by atomic mass is 16.3. The van der Waals surface area contributed by atoms with Gasteiger partial charge in [0.05, 0.1) is 0 Å². The van der Waals surface area contributed by atoms with E-state index < -0.39 is 0 Å². The lowest BCUT2D eigenvalue weighted by Crippen LogP contribution is -2.25. The van der Waals surface area contributed by atoms with Crippen molar-refractivity contribution in [2.24, 2.45) is 17.6 Å². The van der Waals surface area contributed by atoms with E-state index >= 15 is 0 Å². The maximum Gasteiger partial charge on any atom is 0.115 e. The highest BCUT2D eigenvalue weighted by Crippen LogP contribution is 2.40. The Labute approximate surface area is 84.7 Å². The van der Waals surface area contributed by atoms with E-state index in [0.717, 1.165) is 12.3 Å². The van der Waals surface area contributed by atoms with Crippen molar-refractivity contribution in [1.29, 1.82) is 0 Å². The van der Waals surface area contributed by atoms with Crippen LogP contribution in [0.2, 0.25) is 0 Å². The third kappa shape index (κ3) is 2.07. The molecule has 0 radical (unpaired) electrons. The van der Waals surface area contributed by atoms with Crippen LogP contribution in [-0.4, -0.2) is 11.1 Å². The number of hydrogen-bond acceptors (Lipinski definition) is 2. The quantitative estimate of drug-likeness (QED) is 0.766. The molecule has 14 heavy (non-hydrogen) atoms. The van der Waals surface area contributed by atoms with E-state index in [9.17, 15) is 0 Å². The van der Waals surface area contributed by atoms with Crippen molar-refractivity contribution in [2.75, 3.05) is 0 Å². The minimum Gasteiger partial charge on any atom is -0.508 e. The van der Waals surface area contributed by atoms with Gasteiger partial charge in [-0.2, -0.15) is 0 Å². The molecule has 0 bridgehead atoms. The van der Waals surface area contributed by atoms with Gasteiger partial charge in [-0.3, -0.25) is 0 Å². The van der Waals surface area contributed by atoms with Crippen LogP contribution in [0.25, 0.3) is 0 Å². The van der Waals surface area contributed by atoms with Gasteiger partial charge in [-0.1, -0.05) is 19.1 Å². The largest absolute Gasteiger partial charge is 0.508 e. The summed E-state index contributed by atoms with van der Waals surface area (Å²) >= 11 is 0. The molecule has 76 valence electrons. The molecule has 3 unspecified atom stereocenters. The second kappa shape index (κ2) is 3.62. The van der Waals surface area contributed by atoms with Gasteiger partial charge in [0, 0.05) is 6.04 Å². The third-order valence-corrected chi connectivity index (χ3v) is 3.13. The first-order chi connectivity index (χ1) is 6.66. The molecule has 3 N–H and O–H groups in total. The van der Waals surface area contributed by atoms with E-state index in [1.54, 1.807) is 12.1 Å². The Morgan fingerprint density at radius 2 is 2.00 bits per heavy atom. The van der Waals surface area contributed by atoms with Gasteiger partial charge in [-0.05, 0) is 42.4 Å². The van der Waals surface area contributed by atoms with Crippen molar-refractivity contribution in [2.45, 2.75) is 25.8 Å². The molecular weight excluding hydrogens is 174 g/mol. The average molecular weight is 191 g/mol. The van der Waals surface area contributed by atoms with Crippen LogP contribution in [0.15, 0.2) is 24.3 Å². The molecule has 0 aromatic heterocycles. The van der Waals surface area contributed by atoms with E-state index in [1.165, 1.54) is 12.0 Å². The molecule has 1 aromatic carbocycles. The molecule has 2 rings (SSSR count). The van der Waals surface area contributed by atoms with Crippen molar-refractivity contribution in [3.05, 3.63) is 29.8 Å². The molecule has 1 saturated carbocycles. The van der Waals surface area contributed by atoms with Crippen LogP contribution in [0.1, 0.15) is 18.9 Å². The molecule has 0 aliphatic heterocycles. The molecule has 0 spiro atoms. The van der Waals surface area contributed by atoms with Gasteiger partial charge in [-0.25, -0.2) is 0 Å². The SMILES string of the molecule is CC1CC1C(N)Cc1ccc(O)cc1. The van der Waals surface area contributed by atoms with Gasteiger partial charge in [0.25, 0.3) is 0 Å². The van der Waals surface area contributed by atoms with Crippen molar-refractivity contribution < 1.29 is 5.11 Å². The molecule has 3 atom stereocenters. The first-order valence-electron chi connectivity index (χ1n) is 5.20. The van der Waals surface area contributed by atoms with Gasteiger partial charge in [0.15, 0.2) is 0 Å². The summed E-state index contributed by atoms with van der Waals surface area (Å²) in [5.41, 5.74) is 7.29. The van der Waals surface area contributed by atoms with Crippen LogP contribution in [0.3, 0.4) is 0 Å². The van der Waals surface area contributed by atoms with Crippen molar-refractivity contribution >= 4 is 0 Å². The molecule has 1 aliphatic rings. The first kappa shape index (κ1) is 9.53. The fraction of sp³-hybridized carbons (Fsp3) is 0.500. The normalized spacial score (nSPS) is 27.3. The molecule has 0 heterocycles. The Balaban J connectivity index is 1.93. The monoisotopic (exact) mass is 191 g/mol. The summed E-state index contributed by atoms with van der Waals surface area (Å²) in [4.78, 5) is 0. The Morgan fingerprint density at radius 3 is 2.50 bits per heavy atom. The number of rotatable bonds is 3. The van der Waals surface area contributed by atoms with E-state index in [0.29, 0.717) is 11.7 Å². The van der Waals surface area contributed by atoms with Crippen LogP contribution in [-0.2, 0) is 6.42 Å². The summed E-state index contributed by atoms with van der Waals surface area (Å²) in [6.07, 6.45) is 2.20. The first-order valence-corrected chi connectivity index (χ1v) is 5.20. The lowest BCUT2D eigenvalue weighted by Gasteiger charge is -2.10. The number of aromatic hydroxyl groups is 1. The van der Waals surface area contributed by atoms with Gasteiger partial charge in [0.1, 0.15) is 5.75 Å². The van der Waals surface area contributed by atoms with Gasteiger partial charge in [-0.15, -0.1) is 0 Å². The van der Waals surface area contributed by atoms with Crippen molar-refractivity contribution in [1.82, 2.24) is 0 Å². The maximum atomic E-state index is 9.12. The van der Waals surface area contributed by atoms with Crippen LogP contribution in [0.4, 0.5) is 0 Å². The standard InChI is InChI=1S/C12H17NO/c1-8-6-11(8)12(13)7-9-2-4-10(14)5-3-9/h2-5,8,11-12,14H,6-7,13H2,1H3. The maximum absolute atomic E-state index is 9.12. The molecule has 1 aromatic rings. The van der Waals surface area contributed by atoms with Crippen molar-refractivity contribution in [3.63, 3.8) is 0 Å². The molecule has 0 amide bonds. The zero-order valence-corrected chi connectivity index (χ0v) is 8.48. The van der Waals surface area contributed by atoms with E-state index in [1.807, 2.05) is 12.1 Å². The summed E-state index contributed by atoms with van der Waals surface area (Å²) in [6, 6.07) is 7.62. The second-order valence-electron chi connectivity index (χ2n) is 4.41. The number of phenols is 1. The molecule has 2 nitrogen and oxygen atoms in total. The highest BCUT2D eigenvalue weighted by molar-refractivity contribution is 5.26. The zero-order valence-electron chi connectivity index (χ0n) is 8.48. The van der Waals surface area contributed by atoms with Gasteiger partial charge in [0.2, 0.25) is 0 Å². The molecule has 1 aliphatic carbocycles. The fourth-order valence-electron chi connectivity index (χ4n) is 2.00. The predicted octanol–water partition coefficient (Wildman–Crippen LogP) is 1.92. The summed E-state index contributed by atoms with van der Waals surface area (Å²) in [5, 5.41) is 9.12. The number of benzene rings is 1. The van der Waals surface area contributed by atoms with Gasteiger partial charge >= 0.3 is 0 Å².